The highest BCUT2D eigenvalue weighted by atomic mass is 16.3. The van der Waals surface area contributed by atoms with Crippen LogP contribution in [-0.2, 0) is 4.79 Å². The van der Waals surface area contributed by atoms with E-state index in [2.05, 4.69) is 10.5 Å². The number of rotatable bonds is 3. The topological polar surface area (TPSA) is 127 Å². The van der Waals surface area contributed by atoms with Gasteiger partial charge in [-0.05, 0) is 12.8 Å². The largest absolute Gasteiger partial charge is 0.494 e. The molecule has 8 nitrogen and oxygen atoms in total. The number of amides is 1. The van der Waals surface area contributed by atoms with Crippen LogP contribution in [0.4, 0.5) is 0 Å². The molecule has 8 heteroatoms. The fourth-order valence-corrected chi connectivity index (χ4v) is 1.20. The smallest absolute Gasteiger partial charge is 0.328 e. The van der Waals surface area contributed by atoms with Crippen molar-refractivity contribution in [1.82, 2.24) is 15.4 Å². The van der Waals surface area contributed by atoms with Gasteiger partial charge in [0.2, 0.25) is 11.8 Å². The summed E-state index contributed by atoms with van der Waals surface area (Å²) in [5.41, 5.74) is 0.420. The van der Waals surface area contributed by atoms with Crippen molar-refractivity contribution in [3.8, 4) is 5.88 Å². The molecule has 1 amide bonds. The Hall–Kier alpha value is -2.38. The van der Waals surface area contributed by atoms with Crippen LogP contribution in [0.15, 0.2) is 14.7 Å². The molecule has 0 aliphatic heterocycles. The molecule has 0 bridgehead atoms. The van der Waals surface area contributed by atoms with E-state index in [0.29, 0.717) is 0 Å². The number of nitrogens with one attached hydrogen (secondary N) is 3. The van der Waals surface area contributed by atoms with Gasteiger partial charge >= 0.3 is 5.69 Å². The lowest BCUT2D eigenvalue weighted by molar-refractivity contribution is -0.122. The van der Waals surface area contributed by atoms with Crippen molar-refractivity contribution in [2.75, 3.05) is 0 Å². The molecular weight excluding hydrogens is 228 g/mol. The molecule has 4 N–H and O–H groups in total. The Bertz CT molecular complexity index is 581. The van der Waals surface area contributed by atoms with Gasteiger partial charge < -0.3 is 5.11 Å². The zero-order chi connectivity index (χ0) is 12.4. The molecule has 0 atom stereocenters. The van der Waals surface area contributed by atoms with E-state index in [1.165, 1.54) is 0 Å². The minimum Gasteiger partial charge on any atom is -0.494 e. The SMILES string of the molecule is O=C(N/N=C/c1c(O)[nH]c(=O)[nH]c1=O)C1CC1. The zero-order valence-corrected chi connectivity index (χ0v) is 8.69. The predicted molar refractivity (Wildman–Crippen MR) is 57.8 cm³/mol. The van der Waals surface area contributed by atoms with Crippen LogP contribution < -0.4 is 16.7 Å². The second kappa shape index (κ2) is 4.24. The van der Waals surface area contributed by atoms with Crippen molar-refractivity contribution >= 4 is 12.1 Å². The van der Waals surface area contributed by atoms with Gasteiger partial charge in [0, 0.05) is 5.92 Å². The molecule has 17 heavy (non-hydrogen) atoms. The lowest BCUT2D eigenvalue weighted by Crippen LogP contribution is -2.26. The first-order chi connectivity index (χ1) is 8.08. The third-order valence-electron chi connectivity index (χ3n) is 2.28. The normalized spacial score (nSPS) is 15.1. The molecule has 1 aromatic rings. The van der Waals surface area contributed by atoms with Gasteiger partial charge in [0.05, 0.1) is 6.21 Å². The van der Waals surface area contributed by atoms with Gasteiger partial charge in [-0.25, -0.2) is 10.2 Å². The van der Waals surface area contributed by atoms with Gasteiger partial charge in [-0.3, -0.25) is 19.6 Å². The van der Waals surface area contributed by atoms with E-state index in [-0.39, 0.29) is 17.4 Å². The van der Waals surface area contributed by atoms with Gasteiger partial charge in [0.15, 0.2) is 0 Å². The Balaban J connectivity index is 2.12. The molecule has 1 aromatic heterocycles. The second-order valence-corrected chi connectivity index (χ2v) is 3.68. The fourth-order valence-electron chi connectivity index (χ4n) is 1.20. The number of aromatic amines is 2. The Morgan fingerprint density at radius 3 is 2.71 bits per heavy atom. The number of aromatic nitrogens is 2. The van der Waals surface area contributed by atoms with Gasteiger partial charge in [-0.2, -0.15) is 5.10 Å². The summed E-state index contributed by atoms with van der Waals surface area (Å²) in [6, 6.07) is 0. The molecule has 1 aliphatic carbocycles. The van der Waals surface area contributed by atoms with Crippen molar-refractivity contribution in [1.29, 1.82) is 0 Å². The Morgan fingerprint density at radius 2 is 2.12 bits per heavy atom. The van der Waals surface area contributed by atoms with E-state index >= 15 is 0 Å². The summed E-state index contributed by atoms with van der Waals surface area (Å²) in [5, 5.41) is 12.8. The highest BCUT2D eigenvalue weighted by Crippen LogP contribution is 2.28. The number of hydrogen-bond acceptors (Lipinski definition) is 5. The van der Waals surface area contributed by atoms with E-state index < -0.39 is 17.1 Å². The summed E-state index contributed by atoms with van der Waals surface area (Å²) in [4.78, 5) is 37.1. The van der Waals surface area contributed by atoms with E-state index in [1.54, 1.807) is 0 Å². The Morgan fingerprint density at radius 1 is 1.41 bits per heavy atom. The number of H-pyrrole nitrogens is 2. The van der Waals surface area contributed by atoms with Crippen molar-refractivity contribution in [2.24, 2.45) is 11.0 Å². The summed E-state index contributed by atoms with van der Waals surface area (Å²) in [5.74, 6) is -0.820. The first-order valence-electron chi connectivity index (χ1n) is 4.96. The van der Waals surface area contributed by atoms with Crippen molar-refractivity contribution in [3.63, 3.8) is 0 Å². The summed E-state index contributed by atoms with van der Waals surface area (Å²) in [6.07, 6.45) is 2.65. The first kappa shape index (κ1) is 11.1. The number of carbonyl (C=O) groups excluding carboxylic acids is 1. The van der Waals surface area contributed by atoms with Crippen LogP contribution in [0, 0.1) is 5.92 Å². The van der Waals surface area contributed by atoms with Crippen LogP contribution in [0.25, 0.3) is 0 Å². The maximum Gasteiger partial charge on any atom is 0.328 e. The van der Waals surface area contributed by atoms with Crippen LogP contribution in [0.1, 0.15) is 18.4 Å². The molecule has 1 fully saturated rings. The third kappa shape index (κ3) is 2.60. The molecule has 90 valence electrons. The van der Waals surface area contributed by atoms with Crippen LogP contribution in [0.2, 0.25) is 0 Å². The van der Waals surface area contributed by atoms with Gasteiger partial charge in [0.1, 0.15) is 5.56 Å². The summed E-state index contributed by atoms with van der Waals surface area (Å²) in [7, 11) is 0. The molecule has 0 saturated heterocycles. The van der Waals surface area contributed by atoms with Crippen LogP contribution in [-0.4, -0.2) is 27.2 Å². The number of hydrazone groups is 1. The number of nitrogens with zero attached hydrogens (tertiary/aromatic N) is 1. The maximum atomic E-state index is 11.2. The monoisotopic (exact) mass is 238 g/mol. The van der Waals surface area contributed by atoms with E-state index in [4.69, 9.17) is 0 Å². The molecule has 1 saturated carbocycles. The number of carbonyl (C=O) groups is 1. The second-order valence-electron chi connectivity index (χ2n) is 3.68. The van der Waals surface area contributed by atoms with Crippen molar-refractivity contribution in [3.05, 3.63) is 26.4 Å². The van der Waals surface area contributed by atoms with Crippen LogP contribution >= 0.6 is 0 Å². The zero-order valence-electron chi connectivity index (χ0n) is 8.69. The van der Waals surface area contributed by atoms with E-state index in [1.807, 2.05) is 9.97 Å². The molecule has 0 aromatic carbocycles. The highest BCUT2D eigenvalue weighted by Gasteiger charge is 2.29. The van der Waals surface area contributed by atoms with Gasteiger partial charge in [0.25, 0.3) is 5.56 Å². The van der Waals surface area contributed by atoms with E-state index in [0.717, 1.165) is 19.1 Å². The lowest BCUT2D eigenvalue weighted by atomic mass is 10.3. The highest BCUT2D eigenvalue weighted by molar-refractivity contribution is 5.85. The molecule has 0 unspecified atom stereocenters. The average Bonchev–Trinajstić information content (AvgIpc) is 3.04. The number of aromatic hydroxyl groups is 1. The Labute approximate surface area is 94.4 Å². The molecular formula is C9H10N4O4. The van der Waals surface area contributed by atoms with E-state index in [9.17, 15) is 19.5 Å². The fraction of sp³-hybridized carbons (Fsp3) is 0.333. The molecule has 1 aliphatic rings. The van der Waals surface area contributed by atoms with Crippen molar-refractivity contribution in [2.45, 2.75) is 12.8 Å². The molecule has 1 heterocycles. The van der Waals surface area contributed by atoms with Crippen LogP contribution in [0.5, 0.6) is 5.88 Å². The maximum absolute atomic E-state index is 11.2. The van der Waals surface area contributed by atoms with Crippen molar-refractivity contribution < 1.29 is 9.90 Å². The third-order valence-corrected chi connectivity index (χ3v) is 2.28. The summed E-state index contributed by atoms with van der Waals surface area (Å²) >= 11 is 0. The molecule has 0 radical (unpaired) electrons. The standard InChI is InChI=1S/C9H10N4O4/c14-6(4-1-2-4)13-10-3-5-7(15)11-9(17)12-8(5)16/h3-4H,1-2H2,(H,13,14)(H3,11,12,15,16,17)/b10-3+. The van der Waals surface area contributed by atoms with Crippen LogP contribution in [0.3, 0.4) is 0 Å². The molecule has 0 spiro atoms. The summed E-state index contributed by atoms with van der Waals surface area (Å²) < 4.78 is 0. The first-order valence-corrected chi connectivity index (χ1v) is 4.96. The predicted octanol–water partition coefficient (Wildman–Crippen LogP) is -1.37. The minimum atomic E-state index is -0.813. The van der Waals surface area contributed by atoms with Gasteiger partial charge in [-0.1, -0.05) is 0 Å². The average molecular weight is 238 g/mol. The summed E-state index contributed by atoms with van der Waals surface area (Å²) in [6.45, 7) is 0. The number of hydrogen-bond donors (Lipinski definition) is 4. The minimum absolute atomic E-state index is 0.00499. The Kier molecular flexibility index (Phi) is 2.77. The molecule has 2 rings (SSSR count). The quantitative estimate of drug-likeness (QED) is 0.382. The van der Waals surface area contributed by atoms with Gasteiger partial charge in [-0.15, -0.1) is 0 Å². The lowest BCUT2D eigenvalue weighted by Gasteiger charge is -1.97.